The van der Waals surface area contributed by atoms with Crippen molar-refractivity contribution in [2.45, 2.75) is 4.90 Å². The van der Waals surface area contributed by atoms with Crippen LogP contribution in [0.25, 0.3) is 0 Å². The fourth-order valence-corrected chi connectivity index (χ4v) is 2.72. The lowest BCUT2D eigenvalue weighted by atomic mass is 10.2. The second-order valence-electron chi connectivity index (χ2n) is 4.08. The highest BCUT2D eigenvalue weighted by Crippen LogP contribution is 2.30. The number of nitrogens with one attached hydrogen (secondary N) is 1. The largest absolute Gasteiger partial charge is 0.399 e. The molecule has 2 aromatic carbocycles. The van der Waals surface area contributed by atoms with Gasteiger partial charge in [0.1, 0.15) is 0 Å². The Labute approximate surface area is 130 Å². The summed E-state index contributed by atoms with van der Waals surface area (Å²) in [5, 5.41) is 8.59. The van der Waals surface area contributed by atoms with Gasteiger partial charge in [0.15, 0.2) is 0 Å². The van der Waals surface area contributed by atoms with Gasteiger partial charge in [0, 0.05) is 15.8 Å². The molecule has 2 aromatic rings. The highest BCUT2D eigenvalue weighted by atomic mass is 79.9. The number of hydrogen-bond donors (Lipinski definition) is 3. The Morgan fingerprint density at radius 1 is 1.15 bits per heavy atom. The number of hydrogen-bond acceptors (Lipinski definition) is 4. The van der Waals surface area contributed by atoms with Crippen LogP contribution in [0.2, 0.25) is 5.02 Å². The summed E-state index contributed by atoms with van der Waals surface area (Å²) in [5.41, 5.74) is 7.06. The first kappa shape index (κ1) is 15.1. The van der Waals surface area contributed by atoms with Gasteiger partial charge in [-0.15, -0.1) is 0 Å². The zero-order chi connectivity index (χ0) is 14.9. The number of nitrogens with two attached hydrogens (primary N) is 2. The molecular weight excluding hydrogens is 366 g/mol. The predicted octanol–water partition coefficient (Wildman–Crippen LogP) is 3.08. The molecule has 0 saturated heterocycles. The normalized spacial score (nSPS) is 11.3. The van der Waals surface area contributed by atoms with Gasteiger partial charge < -0.3 is 11.1 Å². The molecule has 0 heterocycles. The summed E-state index contributed by atoms with van der Waals surface area (Å²) in [6.45, 7) is 0. The smallest absolute Gasteiger partial charge is 0.238 e. The van der Waals surface area contributed by atoms with E-state index in [4.69, 9.17) is 22.5 Å². The quantitative estimate of drug-likeness (QED) is 0.717. The fraction of sp³-hybridized carbons (Fsp3) is 0. The molecule has 0 atom stereocenters. The van der Waals surface area contributed by atoms with Crippen LogP contribution < -0.4 is 16.2 Å². The molecule has 5 N–H and O–H groups in total. The van der Waals surface area contributed by atoms with E-state index in [0.29, 0.717) is 16.4 Å². The number of sulfonamides is 1. The summed E-state index contributed by atoms with van der Waals surface area (Å²) in [5.74, 6) is 0. The predicted molar refractivity (Wildman–Crippen MR) is 84.7 cm³/mol. The third kappa shape index (κ3) is 3.63. The summed E-state index contributed by atoms with van der Waals surface area (Å²) >= 11 is 9.39. The van der Waals surface area contributed by atoms with Gasteiger partial charge in [-0.25, -0.2) is 13.6 Å². The van der Waals surface area contributed by atoms with Crippen LogP contribution >= 0.6 is 27.5 Å². The maximum atomic E-state index is 11.4. The minimum absolute atomic E-state index is 0.0638. The van der Waals surface area contributed by atoms with Gasteiger partial charge in [-0.1, -0.05) is 27.5 Å². The van der Waals surface area contributed by atoms with Crippen molar-refractivity contribution in [2.24, 2.45) is 5.14 Å². The Hall–Kier alpha value is -1.28. The number of anilines is 3. The first-order chi connectivity index (χ1) is 9.25. The average Bonchev–Trinajstić information content (AvgIpc) is 2.32. The molecule has 20 heavy (non-hydrogen) atoms. The van der Waals surface area contributed by atoms with Crippen molar-refractivity contribution in [3.63, 3.8) is 0 Å². The molecule has 0 aliphatic heterocycles. The van der Waals surface area contributed by atoms with Crippen LogP contribution in [0.15, 0.2) is 45.8 Å². The van der Waals surface area contributed by atoms with E-state index in [9.17, 15) is 8.42 Å². The molecule has 0 aliphatic carbocycles. The van der Waals surface area contributed by atoms with Crippen LogP contribution in [-0.4, -0.2) is 8.42 Å². The molecule has 0 bridgehead atoms. The first-order valence-electron chi connectivity index (χ1n) is 5.41. The third-order valence-electron chi connectivity index (χ3n) is 2.46. The molecular formula is C12H11BrClN3O2S. The lowest BCUT2D eigenvalue weighted by Crippen LogP contribution is -2.12. The molecule has 106 valence electrons. The van der Waals surface area contributed by atoms with Gasteiger partial charge >= 0.3 is 0 Å². The van der Waals surface area contributed by atoms with E-state index in [1.54, 1.807) is 24.3 Å². The van der Waals surface area contributed by atoms with E-state index < -0.39 is 10.0 Å². The van der Waals surface area contributed by atoms with Gasteiger partial charge in [-0.3, -0.25) is 0 Å². The molecule has 0 amide bonds. The van der Waals surface area contributed by atoms with E-state index in [1.807, 2.05) is 0 Å². The van der Waals surface area contributed by atoms with Crippen molar-refractivity contribution in [3.05, 3.63) is 45.9 Å². The lowest BCUT2D eigenvalue weighted by molar-refractivity contribution is 0.598. The molecule has 0 aromatic heterocycles. The Kier molecular flexibility index (Phi) is 4.24. The highest BCUT2D eigenvalue weighted by Gasteiger charge is 2.11. The molecule has 0 aliphatic rings. The van der Waals surface area contributed by atoms with Crippen molar-refractivity contribution in [2.75, 3.05) is 11.1 Å². The number of rotatable bonds is 3. The van der Waals surface area contributed by atoms with Crippen LogP contribution in [0.1, 0.15) is 0 Å². The zero-order valence-corrected chi connectivity index (χ0v) is 13.3. The fourth-order valence-electron chi connectivity index (χ4n) is 1.61. The number of nitrogen functional groups attached to an aromatic ring is 1. The van der Waals surface area contributed by atoms with E-state index in [-0.39, 0.29) is 10.6 Å². The van der Waals surface area contributed by atoms with Crippen LogP contribution in [0.3, 0.4) is 0 Å². The minimum atomic E-state index is -3.82. The monoisotopic (exact) mass is 375 g/mol. The summed E-state index contributed by atoms with van der Waals surface area (Å²) in [4.78, 5) is -0.0638. The summed E-state index contributed by atoms with van der Waals surface area (Å²) in [6.07, 6.45) is 0. The second kappa shape index (κ2) is 5.61. The maximum Gasteiger partial charge on any atom is 0.238 e. The number of primary sulfonamides is 1. The molecule has 0 unspecified atom stereocenters. The molecule has 0 spiro atoms. The van der Waals surface area contributed by atoms with E-state index >= 15 is 0 Å². The summed E-state index contributed by atoms with van der Waals surface area (Å²) in [7, 11) is -3.82. The van der Waals surface area contributed by atoms with Crippen LogP contribution in [0.5, 0.6) is 0 Å². The standard InChI is InChI=1S/C12H11BrClN3O2S/c13-7-1-2-11(14)12(3-7)17-9-4-8(15)5-10(6-9)20(16,18)19/h1-6,17H,15H2,(H2,16,18,19). The van der Waals surface area contributed by atoms with Crippen molar-refractivity contribution >= 4 is 54.6 Å². The van der Waals surface area contributed by atoms with Crippen molar-refractivity contribution < 1.29 is 8.42 Å². The van der Waals surface area contributed by atoms with Gasteiger partial charge in [-0.2, -0.15) is 0 Å². The van der Waals surface area contributed by atoms with Crippen molar-refractivity contribution in [1.82, 2.24) is 0 Å². The van der Waals surface area contributed by atoms with Crippen LogP contribution in [-0.2, 0) is 10.0 Å². The van der Waals surface area contributed by atoms with E-state index in [2.05, 4.69) is 21.2 Å². The first-order valence-corrected chi connectivity index (χ1v) is 8.13. The minimum Gasteiger partial charge on any atom is -0.399 e. The third-order valence-corrected chi connectivity index (χ3v) is 4.18. The number of halogens is 2. The molecule has 0 radical (unpaired) electrons. The summed E-state index contributed by atoms with van der Waals surface area (Å²) in [6, 6.07) is 9.55. The molecule has 2 rings (SSSR count). The molecule has 0 fully saturated rings. The SMILES string of the molecule is Nc1cc(Nc2cc(Br)ccc2Cl)cc(S(N)(=O)=O)c1. The molecule has 0 saturated carbocycles. The molecule has 8 heteroatoms. The van der Waals surface area contributed by atoms with Crippen molar-refractivity contribution in [1.29, 1.82) is 0 Å². The van der Waals surface area contributed by atoms with Crippen LogP contribution in [0.4, 0.5) is 17.1 Å². The lowest BCUT2D eigenvalue weighted by Gasteiger charge is -2.11. The van der Waals surface area contributed by atoms with Crippen molar-refractivity contribution in [3.8, 4) is 0 Å². The van der Waals surface area contributed by atoms with E-state index in [0.717, 1.165) is 4.47 Å². The highest BCUT2D eigenvalue weighted by molar-refractivity contribution is 9.10. The summed E-state index contributed by atoms with van der Waals surface area (Å²) < 4.78 is 23.6. The maximum absolute atomic E-state index is 11.4. The Bertz CT molecular complexity index is 765. The van der Waals surface area contributed by atoms with Gasteiger partial charge in [0.25, 0.3) is 0 Å². The van der Waals surface area contributed by atoms with Gasteiger partial charge in [0.05, 0.1) is 15.6 Å². The second-order valence-corrected chi connectivity index (χ2v) is 6.97. The molecule has 5 nitrogen and oxygen atoms in total. The van der Waals surface area contributed by atoms with Gasteiger partial charge in [-0.05, 0) is 36.4 Å². The topological polar surface area (TPSA) is 98.2 Å². The van der Waals surface area contributed by atoms with Crippen LogP contribution in [0, 0.1) is 0 Å². The average molecular weight is 377 g/mol. The number of benzene rings is 2. The van der Waals surface area contributed by atoms with E-state index in [1.165, 1.54) is 12.1 Å². The zero-order valence-electron chi connectivity index (χ0n) is 10.1. The Morgan fingerprint density at radius 2 is 1.85 bits per heavy atom. The Morgan fingerprint density at radius 3 is 2.50 bits per heavy atom. The van der Waals surface area contributed by atoms with Gasteiger partial charge in [0.2, 0.25) is 10.0 Å². The Balaban J connectivity index is 2.44.